The van der Waals surface area contributed by atoms with Crippen LogP contribution in [0.25, 0.3) is 5.69 Å². The first-order chi connectivity index (χ1) is 12.4. The van der Waals surface area contributed by atoms with Gasteiger partial charge in [0.25, 0.3) is 11.7 Å². The summed E-state index contributed by atoms with van der Waals surface area (Å²) in [5.41, 5.74) is 1.32. The molecule has 0 saturated heterocycles. The van der Waals surface area contributed by atoms with Gasteiger partial charge in [-0.1, -0.05) is 18.2 Å². The molecule has 26 heavy (non-hydrogen) atoms. The number of ketones is 1. The van der Waals surface area contributed by atoms with Crippen molar-refractivity contribution < 1.29 is 18.4 Å². The van der Waals surface area contributed by atoms with E-state index in [9.17, 15) is 18.4 Å². The number of aromatic nitrogens is 2. The summed E-state index contributed by atoms with van der Waals surface area (Å²) in [7, 11) is 0. The minimum Gasteiger partial charge on any atom is -0.316 e. The predicted molar refractivity (Wildman–Crippen MR) is 92.4 cm³/mol. The van der Waals surface area contributed by atoms with Crippen molar-refractivity contribution >= 4 is 17.4 Å². The van der Waals surface area contributed by atoms with E-state index in [1.54, 1.807) is 18.5 Å². The van der Waals surface area contributed by atoms with Crippen LogP contribution in [0.5, 0.6) is 0 Å². The van der Waals surface area contributed by atoms with Crippen molar-refractivity contribution in [2.45, 2.75) is 13.8 Å². The highest BCUT2D eigenvalue weighted by Crippen LogP contribution is 2.20. The Morgan fingerprint density at radius 1 is 1.04 bits per heavy atom. The van der Waals surface area contributed by atoms with Crippen LogP contribution in [0.1, 0.15) is 21.7 Å². The van der Waals surface area contributed by atoms with Crippen LogP contribution in [0, 0.1) is 25.5 Å². The first kappa shape index (κ1) is 17.5. The number of Topliss-reactive ketones (excluding diaryl/α,β-unsaturated/α-hetero) is 1. The van der Waals surface area contributed by atoms with Crippen LogP contribution in [-0.4, -0.2) is 21.5 Å². The van der Waals surface area contributed by atoms with Gasteiger partial charge in [-0.15, -0.1) is 0 Å². The van der Waals surface area contributed by atoms with Gasteiger partial charge < -0.3 is 5.32 Å². The normalized spacial score (nSPS) is 10.6. The number of nitrogens with one attached hydrogen (secondary N) is 1. The molecule has 1 N–H and O–H groups in total. The Bertz CT molecular complexity index is 998. The van der Waals surface area contributed by atoms with Gasteiger partial charge in [0, 0.05) is 6.07 Å². The van der Waals surface area contributed by atoms with Crippen LogP contribution in [0.3, 0.4) is 0 Å². The molecule has 0 fully saturated rings. The summed E-state index contributed by atoms with van der Waals surface area (Å²) in [4.78, 5) is 24.8. The molecule has 0 aliphatic heterocycles. The van der Waals surface area contributed by atoms with E-state index in [4.69, 9.17) is 0 Å². The monoisotopic (exact) mass is 355 g/mol. The van der Waals surface area contributed by atoms with Crippen molar-refractivity contribution in [1.29, 1.82) is 0 Å². The summed E-state index contributed by atoms with van der Waals surface area (Å²) in [6, 6.07) is 11.7. The van der Waals surface area contributed by atoms with Crippen molar-refractivity contribution in [2.24, 2.45) is 0 Å². The van der Waals surface area contributed by atoms with Gasteiger partial charge in [-0.05, 0) is 38.1 Å². The van der Waals surface area contributed by atoms with E-state index in [1.807, 2.05) is 30.3 Å². The van der Waals surface area contributed by atoms with Crippen LogP contribution >= 0.6 is 0 Å². The van der Waals surface area contributed by atoms with E-state index in [2.05, 4.69) is 10.4 Å². The SMILES string of the molecule is Cc1nn(-c2ccccc2)c(C)c1C(=O)C(=O)Nc1cc(F)ccc1F. The summed E-state index contributed by atoms with van der Waals surface area (Å²) in [5, 5.41) is 6.42. The van der Waals surface area contributed by atoms with E-state index in [0.717, 1.165) is 23.9 Å². The van der Waals surface area contributed by atoms with Crippen molar-refractivity contribution in [2.75, 3.05) is 5.32 Å². The van der Waals surface area contributed by atoms with Crippen LogP contribution in [-0.2, 0) is 4.79 Å². The van der Waals surface area contributed by atoms with Gasteiger partial charge in [0.15, 0.2) is 0 Å². The Labute approximate surface area is 148 Å². The Hall–Kier alpha value is -3.35. The first-order valence-electron chi connectivity index (χ1n) is 7.81. The molecule has 0 aliphatic rings. The number of benzene rings is 2. The van der Waals surface area contributed by atoms with Crippen LogP contribution in [0.2, 0.25) is 0 Å². The molecule has 1 amide bonds. The number of aryl methyl sites for hydroxylation is 1. The van der Waals surface area contributed by atoms with E-state index in [-0.39, 0.29) is 5.56 Å². The third-order valence-electron chi connectivity index (χ3n) is 3.90. The Balaban J connectivity index is 1.92. The van der Waals surface area contributed by atoms with Gasteiger partial charge in [-0.2, -0.15) is 5.10 Å². The van der Waals surface area contributed by atoms with Crippen LogP contribution in [0.15, 0.2) is 48.5 Å². The maximum Gasteiger partial charge on any atom is 0.296 e. The highest BCUT2D eigenvalue weighted by molar-refractivity contribution is 6.47. The summed E-state index contributed by atoms with van der Waals surface area (Å²) >= 11 is 0. The lowest BCUT2D eigenvalue weighted by molar-refractivity contribution is -0.112. The van der Waals surface area contributed by atoms with Gasteiger partial charge in [-0.3, -0.25) is 9.59 Å². The average molecular weight is 355 g/mol. The molecule has 132 valence electrons. The van der Waals surface area contributed by atoms with Crippen molar-refractivity contribution in [1.82, 2.24) is 9.78 Å². The second kappa shape index (κ2) is 6.87. The number of hydrogen-bond donors (Lipinski definition) is 1. The summed E-state index contributed by atoms with van der Waals surface area (Å²) in [6.07, 6.45) is 0. The van der Waals surface area contributed by atoms with Crippen molar-refractivity contribution in [3.05, 3.63) is 77.1 Å². The molecule has 7 heteroatoms. The number of halogens is 2. The molecule has 3 aromatic rings. The number of carbonyl (C=O) groups excluding carboxylic acids is 2. The number of rotatable bonds is 4. The number of para-hydroxylation sites is 1. The van der Waals surface area contributed by atoms with Crippen molar-refractivity contribution in [3.63, 3.8) is 0 Å². The molecule has 3 rings (SSSR count). The van der Waals surface area contributed by atoms with Gasteiger partial charge >= 0.3 is 0 Å². The van der Waals surface area contributed by atoms with Gasteiger partial charge in [0.1, 0.15) is 11.6 Å². The van der Waals surface area contributed by atoms with Crippen molar-refractivity contribution in [3.8, 4) is 5.69 Å². The smallest absolute Gasteiger partial charge is 0.296 e. The molecule has 0 atom stereocenters. The maximum atomic E-state index is 13.7. The lowest BCUT2D eigenvalue weighted by Gasteiger charge is -2.07. The minimum absolute atomic E-state index is 0.128. The molecule has 0 unspecified atom stereocenters. The van der Waals surface area contributed by atoms with Gasteiger partial charge in [-0.25, -0.2) is 13.5 Å². The second-order valence-corrected chi connectivity index (χ2v) is 5.70. The molecule has 0 saturated carbocycles. The van der Waals surface area contributed by atoms with E-state index < -0.39 is 29.0 Å². The fourth-order valence-corrected chi connectivity index (χ4v) is 2.68. The van der Waals surface area contributed by atoms with Crippen LogP contribution < -0.4 is 5.32 Å². The Morgan fingerprint density at radius 3 is 2.42 bits per heavy atom. The molecule has 0 aliphatic carbocycles. The molecular formula is C19H15F2N3O2. The number of nitrogens with zero attached hydrogens (tertiary/aromatic N) is 2. The number of carbonyl (C=O) groups is 2. The molecule has 5 nitrogen and oxygen atoms in total. The molecule has 1 heterocycles. The summed E-state index contributed by atoms with van der Waals surface area (Å²) in [6.45, 7) is 3.27. The topological polar surface area (TPSA) is 64.0 Å². The zero-order valence-corrected chi connectivity index (χ0v) is 14.1. The quantitative estimate of drug-likeness (QED) is 0.575. The predicted octanol–water partition coefficient (Wildman–Crippen LogP) is 3.59. The number of anilines is 1. The average Bonchev–Trinajstić information content (AvgIpc) is 2.92. The van der Waals surface area contributed by atoms with Gasteiger partial charge in [0.05, 0.1) is 28.3 Å². The lowest BCUT2D eigenvalue weighted by Crippen LogP contribution is -2.24. The summed E-state index contributed by atoms with van der Waals surface area (Å²) < 4.78 is 28.4. The molecule has 0 radical (unpaired) electrons. The Kier molecular flexibility index (Phi) is 4.62. The molecule has 0 bridgehead atoms. The zero-order valence-electron chi connectivity index (χ0n) is 14.1. The van der Waals surface area contributed by atoms with Crippen LogP contribution in [0.4, 0.5) is 14.5 Å². The Morgan fingerprint density at radius 2 is 1.73 bits per heavy atom. The van der Waals surface area contributed by atoms with E-state index >= 15 is 0 Å². The van der Waals surface area contributed by atoms with E-state index in [1.165, 1.54) is 0 Å². The number of hydrogen-bond acceptors (Lipinski definition) is 3. The molecule has 1 aromatic heterocycles. The fourth-order valence-electron chi connectivity index (χ4n) is 2.68. The second-order valence-electron chi connectivity index (χ2n) is 5.70. The molecular weight excluding hydrogens is 340 g/mol. The lowest BCUT2D eigenvalue weighted by atomic mass is 10.1. The molecule has 0 spiro atoms. The molecule has 2 aromatic carbocycles. The number of amides is 1. The maximum absolute atomic E-state index is 13.7. The third-order valence-corrected chi connectivity index (χ3v) is 3.90. The van der Waals surface area contributed by atoms with E-state index in [0.29, 0.717) is 11.4 Å². The highest BCUT2D eigenvalue weighted by Gasteiger charge is 2.25. The zero-order chi connectivity index (χ0) is 18.8. The van der Waals surface area contributed by atoms with Gasteiger partial charge in [0.2, 0.25) is 0 Å². The fraction of sp³-hybridized carbons (Fsp3) is 0.105. The highest BCUT2D eigenvalue weighted by atomic mass is 19.1. The standard InChI is InChI=1S/C19H15F2N3O2/c1-11-17(12(2)24(23-11)14-6-4-3-5-7-14)18(25)19(26)22-16-10-13(20)8-9-15(16)21/h3-10H,1-2H3,(H,22,26). The third kappa shape index (κ3) is 3.23. The largest absolute Gasteiger partial charge is 0.316 e. The minimum atomic E-state index is -1.06. The summed E-state index contributed by atoms with van der Waals surface area (Å²) in [5.74, 6) is -3.49. The first-order valence-corrected chi connectivity index (χ1v) is 7.81.